The minimum atomic E-state index is -4.38. The summed E-state index contributed by atoms with van der Waals surface area (Å²) in [6.07, 6.45) is 4.02. The number of methoxy groups -OCH3 is 1. The number of carbonyl (C=O) groups excluding carboxylic acids is 2. The van der Waals surface area contributed by atoms with Crippen LogP contribution < -0.4 is 13.7 Å². The Bertz CT molecular complexity index is 1240. The van der Waals surface area contributed by atoms with Crippen LogP contribution in [0.25, 0.3) is 0 Å². The van der Waals surface area contributed by atoms with Gasteiger partial charge in [0.25, 0.3) is 0 Å². The van der Waals surface area contributed by atoms with E-state index in [1.807, 2.05) is 19.9 Å². The zero-order chi connectivity index (χ0) is 26.3. The Morgan fingerprint density at radius 3 is 2.42 bits per heavy atom. The number of benzene rings is 1. The van der Waals surface area contributed by atoms with Gasteiger partial charge in [-0.3, -0.25) is 9.10 Å². The van der Waals surface area contributed by atoms with E-state index in [0.29, 0.717) is 23.7 Å². The normalized spacial score (nSPS) is 26.6. The molecule has 0 aromatic heterocycles. The van der Waals surface area contributed by atoms with Gasteiger partial charge in [0.15, 0.2) is 0 Å². The maximum Gasteiger partial charge on any atom is 0.422 e. The summed E-state index contributed by atoms with van der Waals surface area (Å²) in [5.41, 5.74) is 1.09. The van der Waals surface area contributed by atoms with E-state index in [2.05, 4.69) is 15.5 Å². The second-order valence-electron chi connectivity index (χ2n) is 9.82. The smallest absolute Gasteiger partial charge is 0.422 e. The fourth-order valence-corrected chi connectivity index (χ4v) is 8.69. The molecule has 1 heterocycles. The third kappa shape index (κ3) is 5.37. The van der Waals surface area contributed by atoms with Crippen LogP contribution in [0.1, 0.15) is 32.3 Å². The number of nitrogens with one attached hydrogen (secondary N) is 2. The van der Waals surface area contributed by atoms with Gasteiger partial charge in [-0.1, -0.05) is 38.1 Å². The fraction of sp³-hybridized carbons (Fsp3) is 0.565. The lowest BCUT2D eigenvalue weighted by molar-refractivity contribution is -0.143. The quantitative estimate of drug-likeness (QED) is 0.354. The van der Waals surface area contributed by atoms with Crippen molar-refractivity contribution in [2.45, 2.75) is 44.6 Å². The number of anilines is 1. The number of esters is 1. The van der Waals surface area contributed by atoms with Gasteiger partial charge >= 0.3 is 22.3 Å². The predicted octanol–water partition coefficient (Wildman–Crippen LogP) is 1.68. The number of allylic oxidation sites excluding steroid dienone is 2. The van der Waals surface area contributed by atoms with Crippen molar-refractivity contribution in [2.75, 3.05) is 18.0 Å². The Kier molecular flexibility index (Phi) is 7.35. The van der Waals surface area contributed by atoms with Crippen LogP contribution in [-0.2, 0) is 41.1 Å². The number of carbonyl (C=O) groups is 2. The molecular weight excluding hydrogens is 510 g/mol. The lowest BCUT2D eigenvalue weighted by Gasteiger charge is -2.21. The van der Waals surface area contributed by atoms with Crippen LogP contribution in [0.2, 0.25) is 0 Å². The van der Waals surface area contributed by atoms with Crippen LogP contribution in [-0.4, -0.2) is 53.8 Å². The Morgan fingerprint density at radius 2 is 1.81 bits per heavy atom. The molecule has 3 aliphatic rings. The van der Waals surface area contributed by atoms with E-state index in [1.165, 1.54) is 4.31 Å². The molecular formula is C23H31N3O8S2. The van der Waals surface area contributed by atoms with E-state index in [1.54, 1.807) is 29.0 Å². The van der Waals surface area contributed by atoms with E-state index in [4.69, 9.17) is 4.74 Å². The minimum absolute atomic E-state index is 0.00586. The van der Waals surface area contributed by atoms with E-state index in [9.17, 15) is 26.4 Å². The molecule has 2 fully saturated rings. The molecule has 5 atom stereocenters. The van der Waals surface area contributed by atoms with Gasteiger partial charge in [0.2, 0.25) is 10.0 Å². The largest absolute Gasteiger partial charge is 0.468 e. The maximum atomic E-state index is 13.1. The standard InChI is InChI=1S/C23H31N3O8S2/c1-14(2)10-20(22(27)33-3)24-36(31,32)25-23(28)34-13-15-4-8-18(9-5-15)26-12-19-16-6-7-17(11-16)21(19)35(26,29)30/h4-9,14,16-17,19-21,24H,10-13H2,1-3H3,(H,25,28)/t16-,17+,19?,20+,21?/m1/s1. The number of ether oxygens (including phenoxy) is 2. The molecule has 1 aromatic carbocycles. The van der Waals surface area contributed by atoms with E-state index in [-0.39, 0.29) is 36.0 Å². The Balaban J connectivity index is 1.32. The number of amides is 1. The third-order valence-corrected chi connectivity index (χ3v) is 10.3. The van der Waals surface area contributed by atoms with Crippen molar-refractivity contribution in [3.05, 3.63) is 42.0 Å². The number of hydrogen-bond donors (Lipinski definition) is 2. The monoisotopic (exact) mass is 541 g/mol. The topological polar surface area (TPSA) is 148 Å². The van der Waals surface area contributed by atoms with E-state index in [0.717, 1.165) is 13.5 Å². The minimum Gasteiger partial charge on any atom is -0.468 e. The van der Waals surface area contributed by atoms with Gasteiger partial charge in [0.1, 0.15) is 12.6 Å². The van der Waals surface area contributed by atoms with Crippen LogP contribution in [0.3, 0.4) is 0 Å². The molecule has 13 heteroatoms. The molecule has 11 nitrogen and oxygen atoms in total. The number of fused-ring (bicyclic) bond motifs is 5. The number of hydrogen-bond acceptors (Lipinski definition) is 8. The second-order valence-corrected chi connectivity index (χ2v) is 13.3. The first-order chi connectivity index (χ1) is 16.9. The lowest BCUT2D eigenvalue weighted by atomic mass is 9.93. The van der Waals surface area contributed by atoms with Crippen molar-refractivity contribution >= 4 is 38.0 Å². The van der Waals surface area contributed by atoms with Crippen LogP contribution in [0.15, 0.2) is 36.4 Å². The highest BCUT2D eigenvalue weighted by Crippen LogP contribution is 2.52. The van der Waals surface area contributed by atoms with Crippen LogP contribution in [0.5, 0.6) is 0 Å². The van der Waals surface area contributed by atoms with Crippen molar-refractivity contribution in [1.82, 2.24) is 9.44 Å². The molecule has 4 rings (SSSR count). The summed E-state index contributed by atoms with van der Waals surface area (Å²) in [6.45, 7) is 3.83. The van der Waals surface area contributed by atoms with Gasteiger partial charge in [-0.15, -0.1) is 0 Å². The summed E-state index contributed by atoms with van der Waals surface area (Å²) >= 11 is 0. The summed E-state index contributed by atoms with van der Waals surface area (Å²) in [6, 6.07) is 5.40. The summed E-state index contributed by atoms with van der Waals surface area (Å²) in [4.78, 5) is 23.9. The molecule has 0 radical (unpaired) electrons. The molecule has 1 amide bonds. The Morgan fingerprint density at radius 1 is 1.14 bits per heavy atom. The number of sulfonamides is 1. The Hall–Kier alpha value is -2.64. The van der Waals surface area contributed by atoms with Gasteiger partial charge in [0.05, 0.1) is 18.0 Å². The maximum absolute atomic E-state index is 13.1. The van der Waals surface area contributed by atoms with Gasteiger partial charge in [-0.2, -0.15) is 13.1 Å². The molecule has 2 aliphatic carbocycles. The highest BCUT2D eigenvalue weighted by atomic mass is 32.2. The van der Waals surface area contributed by atoms with Gasteiger partial charge in [-0.25, -0.2) is 17.9 Å². The zero-order valence-electron chi connectivity index (χ0n) is 20.3. The van der Waals surface area contributed by atoms with Crippen molar-refractivity contribution < 1.29 is 35.9 Å². The van der Waals surface area contributed by atoms with Crippen LogP contribution >= 0.6 is 0 Å². The second kappa shape index (κ2) is 10.0. The molecule has 36 heavy (non-hydrogen) atoms. The molecule has 198 valence electrons. The number of rotatable bonds is 9. The Labute approximate surface area is 211 Å². The SMILES string of the molecule is COC(=O)[C@H](CC(C)C)NS(=O)(=O)NC(=O)OCc1ccc(N2CC3C([C@H]4C=C[C@@H]3C4)S2(=O)=O)cc1. The molecule has 1 aliphatic heterocycles. The zero-order valence-corrected chi connectivity index (χ0v) is 21.9. The van der Waals surface area contributed by atoms with Crippen molar-refractivity contribution in [2.24, 2.45) is 23.7 Å². The molecule has 1 saturated carbocycles. The molecule has 2 bridgehead atoms. The highest BCUT2D eigenvalue weighted by Gasteiger charge is 2.58. The van der Waals surface area contributed by atoms with Crippen molar-refractivity contribution in [3.63, 3.8) is 0 Å². The van der Waals surface area contributed by atoms with Gasteiger partial charge in [0, 0.05) is 12.5 Å². The average molecular weight is 542 g/mol. The predicted molar refractivity (Wildman–Crippen MR) is 131 cm³/mol. The van der Waals surface area contributed by atoms with Crippen molar-refractivity contribution in [3.8, 4) is 0 Å². The first kappa shape index (κ1) is 26.4. The summed E-state index contributed by atoms with van der Waals surface area (Å²) in [5.74, 6) is -0.277. The third-order valence-electron chi connectivity index (χ3n) is 6.87. The summed E-state index contributed by atoms with van der Waals surface area (Å²) in [5, 5.41) is -0.367. The molecule has 2 unspecified atom stereocenters. The molecule has 0 spiro atoms. The average Bonchev–Trinajstić information content (AvgIpc) is 3.48. The molecule has 1 saturated heterocycles. The fourth-order valence-electron chi connectivity index (χ4n) is 5.32. The van der Waals surface area contributed by atoms with E-state index < -0.39 is 38.3 Å². The van der Waals surface area contributed by atoms with Gasteiger partial charge < -0.3 is 9.47 Å². The first-order valence-corrected chi connectivity index (χ1v) is 14.7. The summed E-state index contributed by atoms with van der Waals surface area (Å²) in [7, 11) is -6.69. The van der Waals surface area contributed by atoms with Gasteiger partial charge in [-0.05, 0) is 48.3 Å². The highest BCUT2D eigenvalue weighted by molar-refractivity contribution is 7.93. The molecule has 1 aromatic rings. The number of nitrogens with zero attached hydrogens (tertiary/aromatic N) is 1. The van der Waals surface area contributed by atoms with Crippen LogP contribution in [0.4, 0.5) is 10.5 Å². The van der Waals surface area contributed by atoms with E-state index >= 15 is 0 Å². The lowest BCUT2D eigenvalue weighted by Crippen LogP contribution is -2.49. The van der Waals surface area contributed by atoms with Crippen molar-refractivity contribution in [1.29, 1.82) is 0 Å². The molecule has 2 N–H and O–H groups in total. The summed E-state index contributed by atoms with van der Waals surface area (Å²) < 4.78 is 65.6. The first-order valence-electron chi connectivity index (χ1n) is 11.7. The van der Waals surface area contributed by atoms with Crippen LogP contribution in [0, 0.1) is 23.7 Å².